The summed E-state index contributed by atoms with van der Waals surface area (Å²) in [4.78, 5) is 10.3. The molecule has 0 unspecified atom stereocenters. The zero-order chi connectivity index (χ0) is 11.9. The van der Waals surface area contributed by atoms with Crippen molar-refractivity contribution in [2.45, 2.75) is 27.2 Å². The van der Waals surface area contributed by atoms with Crippen molar-refractivity contribution in [1.29, 1.82) is 0 Å². The SMILES string of the molecule is CC(C)(C)C1=Cc2cc([N+](=O)[O-])ccc2C1. The average molecular weight is 217 g/mol. The van der Waals surface area contributed by atoms with Gasteiger partial charge in [-0.1, -0.05) is 38.5 Å². The molecule has 3 heteroatoms. The molecule has 84 valence electrons. The van der Waals surface area contributed by atoms with Crippen molar-refractivity contribution in [2.75, 3.05) is 0 Å². The molecule has 1 aromatic rings. The first-order valence-corrected chi connectivity index (χ1v) is 5.36. The number of non-ortho nitro benzene ring substituents is 1. The number of hydrogen-bond acceptors (Lipinski definition) is 2. The van der Waals surface area contributed by atoms with Gasteiger partial charge in [0, 0.05) is 12.1 Å². The number of nitro groups is 1. The number of allylic oxidation sites excluding steroid dienone is 1. The highest BCUT2D eigenvalue weighted by molar-refractivity contribution is 5.67. The van der Waals surface area contributed by atoms with E-state index in [0.29, 0.717) is 0 Å². The van der Waals surface area contributed by atoms with E-state index in [-0.39, 0.29) is 16.0 Å². The second-order valence-electron chi connectivity index (χ2n) is 5.24. The van der Waals surface area contributed by atoms with Gasteiger partial charge in [0.05, 0.1) is 4.92 Å². The van der Waals surface area contributed by atoms with Crippen LogP contribution in [0.5, 0.6) is 0 Å². The quantitative estimate of drug-likeness (QED) is 0.533. The largest absolute Gasteiger partial charge is 0.270 e. The van der Waals surface area contributed by atoms with Gasteiger partial charge >= 0.3 is 0 Å². The second kappa shape index (κ2) is 3.44. The number of fused-ring (bicyclic) bond motifs is 1. The van der Waals surface area contributed by atoms with Crippen molar-refractivity contribution in [1.82, 2.24) is 0 Å². The molecule has 0 N–H and O–H groups in total. The highest BCUT2D eigenvalue weighted by Gasteiger charge is 2.23. The summed E-state index contributed by atoms with van der Waals surface area (Å²) in [6, 6.07) is 5.11. The van der Waals surface area contributed by atoms with Gasteiger partial charge in [-0.05, 0) is 23.0 Å². The van der Waals surface area contributed by atoms with E-state index in [2.05, 4.69) is 26.8 Å². The molecule has 0 fully saturated rings. The summed E-state index contributed by atoms with van der Waals surface area (Å²) in [6.07, 6.45) is 3.00. The van der Waals surface area contributed by atoms with E-state index >= 15 is 0 Å². The van der Waals surface area contributed by atoms with Crippen LogP contribution in [0.25, 0.3) is 6.08 Å². The van der Waals surface area contributed by atoms with Crippen molar-refractivity contribution >= 4 is 11.8 Å². The normalized spacial score (nSPS) is 14.6. The number of nitrogens with zero attached hydrogens (tertiary/aromatic N) is 1. The third kappa shape index (κ3) is 1.85. The summed E-state index contributed by atoms with van der Waals surface area (Å²) in [5.74, 6) is 0. The van der Waals surface area contributed by atoms with Crippen molar-refractivity contribution in [3.05, 3.63) is 45.0 Å². The van der Waals surface area contributed by atoms with Gasteiger partial charge in [0.2, 0.25) is 0 Å². The fourth-order valence-corrected chi connectivity index (χ4v) is 1.92. The molecule has 0 aliphatic heterocycles. The van der Waals surface area contributed by atoms with Gasteiger partial charge in [0.1, 0.15) is 0 Å². The third-order valence-electron chi connectivity index (χ3n) is 3.01. The summed E-state index contributed by atoms with van der Waals surface area (Å²) in [7, 11) is 0. The second-order valence-corrected chi connectivity index (χ2v) is 5.24. The Bertz CT molecular complexity index is 481. The lowest BCUT2D eigenvalue weighted by atomic mass is 9.85. The predicted molar refractivity (Wildman–Crippen MR) is 64.2 cm³/mol. The van der Waals surface area contributed by atoms with Gasteiger partial charge in [-0.2, -0.15) is 0 Å². The van der Waals surface area contributed by atoms with E-state index in [4.69, 9.17) is 0 Å². The first kappa shape index (κ1) is 10.9. The van der Waals surface area contributed by atoms with Crippen LogP contribution in [0.2, 0.25) is 0 Å². The van der Waals surface area contributed by atoms with Crippen molar-refractivity contribution in [3.8, 4) is 0 Å². The van der Waals surface area contributed by atoms with E-state index < -0.39 is 0 Å². The first-order valence-electron chi connectivity index (χ1n) is 5.36. The van der Waals surface area contributed by atoms with Crippen LogP contribution >= 0.6 is 0 Å². The topological polar surface area (TPSA) is 43.1 Å². The maximum Gasteiger partial charge on any atom is 0.270 e. The smallest absolute Gasteiger partial charge is 0.258 e. The Morgan fingerprint density at radius 3 is 2.56 bits per heavy atom. The van der Waals surface area contributed by atoms with Crippen LogP contribution < -0.4 is 0 Å². The monoisotopic (exact) mass is 217 g/mol. The molecule has 0 bridgehead atoms. The Kier molecular flexibility index (Phi) is 2.34. The Labute approximate surface area is 94.9 Å². The van der Waals surface area contributed by atoms with Crippen molar-refractivity contribution in [3.63, 3.8) is 0 Å². The minimum Gasteiger partial charge on any atom is -0.258 e. The minimum absolute atomic E-state index is 0.133. The van der Waals surface area contributed by atoms with Crippen LogP contribution in [0.1, 0.15) is 31.9 Å². The first-order chi connectivity index (χ1) is 7.38. The molecular formula is C13H15NO2. The van der Waals surface area contributed by atoms with E-state index in [1.54, 1.807) is 12.1 Å². The molecule has 3 nitrogen and oxygen atoms in total. The summed E-state index contributed by atoms with van der Waals surface area (Å²) < 4.78 is 0. The van der Waals surface area contributed by atoms with Crippen molar-refractivity contribution < 1.29 is 4.92 Å². The number of rotatable bonds is 1. The zero-order valence-corrected chi connectivity index (χ0v) is 9.78. The molecule has 1 aromatic carbocycles. The van der Waals surface area contributed by atoms with Gasteiger partial charge in [0.25, 0.3) is 5.69 Å². The summed E-state index contributed by atoms with van der Waals surface area (Å²) in [5, 5.41) is 10.7. The Hall–Kier alpha value is -1.64. The molecule has 0 saturated carbocycles. The summed E-state index contributed by atoms with van der Waals surface area (Å²) in [6.45, 7) is 6.50. The third-order valence-corrected chi connectivity index (χ3v) is 3.01. The Morgan fingerprint density at radius 2 is 2.00 bits per heavy atom. The van der Waals surface area contributed by atoms with Gasteiger partial charge in [-0.25, -0.2) is 0 Å². The standard InChI is InChI=1S/C13H15NO2/c1-13(2,3)11-6-9-4-5-12(14(15)16)8-10(9)7-11/h4-5,7-8H,6H2,1-3H3. The van der Waals surface area contributed by atoms with E-state index in [1.807, 2.05) is 6.07 Å². The van der Waals surface area contributed by atoms with Gasteiger partial charge in [-0.15, -0.1) is 0 Å². The van der Waals surface area contributed by atoms with Gasteiger partial charge in [-0.3, -0.25) is 10.1 Å². The van der Waals surface area contributed by atoms with E-state index in [0.717, 1.165) is 12.0 Å². The van der Waals surface area contributed by atoms with Crippen LogP contribution in [0.4, 0.5) is 5.69 Å². The molecule has 0 atom stereocenters. The summed E-state index contributed by atoms with van der Waals surface area (Å²) >= 11 is 0. The highest BCUT2D eigenvalue weighted by Crippen LogP contribution is 2.37. The number of hydrogen-bond donors (Lipinski definition) is 0. The maximum absolute atomic E-state index is 10.7. The van der Waals surface area contributed by atoms with Crippen LogP contribution in [0, 0.1) is 15.5 Å². The number of nitro benzene ring substituents is 1. The fraction of sp³-hybridized carbons (Fsp3) is 0.385. The molecule has 0 heterocycles. The predicted octanol–water partition coefficient (Wildman–Crippen LogP) is 3.58. The molecule has 0 spiro atoms. The van der Waals surface area contributed by atoms with E-state index in [1.165, 1.54) is 11.1 Å². The van der Waals surface area contributed by atoms with Crippen molar-refractivity contribution in [2.24, 2.45) is 5.41 Å². The fourth-order valence-electron chi connectivity index (χ4n) is 1.92. The Balaban J connectivity index is 2.40. The highest BCUT2D eigenvalue weighted by atomic mass is 16.6. The zero-order valence-electron chi connectivity index (χ0n) is 9.78. The minimum atomic E-state index is -0.344. The molecule has 1 aliphatic rings. The lowest BCUT2D eigenvalue weighted by molar-refractivity contribution is -0.384. The van der Waals surface area contributed by atoms with E-state index in [9.17, 15) is 10.1 Å². The molecule has 16 heavy (non-hydrogen) atoms. The van der Waals surface area contributed by atoms with Crippen LogP contribution in [0.15, 0.2) is 23.8 Å². The van der Waals surface area contributed by atoms with Crippen LogP contribution in [0.3, 0.4) is 0 Å². The lowest BCUT2D eigenvalue weighted by Crippen LogP contribution is -2.08. The molecule has 2 rings (SSSR count). The lowest BCUT2D eigenvalue weighted by Gasteiger charge is -2.19. The molecule has 0 amide bonds. The maximum atomic E-state index is 10.7. The molecule has 0 aromatic heterocycles. The Morgan fingerprint density at radius 1 is 1.31 bits per heavy atom. The van der Waals surface area contributed by atoms with Gasteiger partial charge < -0.3 is 0 Å². The summed E-state index contributed by atoms with van der Waals surface area (Å²) in [5.41, 5.74) is 3.83. The average Bonchev–Trinajstić information content (AvgIpc) is 2.58. The van der Waals surface area contributed by atoms with Crippen LogP contribution in [-0.4, -0.2) is 4.92 Å². The molecule has 0 saturated heterocycles. The molecular weight excluding hydrogens is 202 g/mol. The number of benzene rings is 1. The molecule has 0 radical (unpaired) electrons. The van der Waals surface area contributed by atoms with Crippen LogP contribution in [-0.2, 0) is 6.42 Å². The molecule has 1 aliphatic carbocycles. The van der Waals surface area contributed by atoms with Gasteiger partial charge in [0.15, 0.2) is 0 Å².